The van der Waals surface area contributed by atoms with Crippen molar-refractivity contribution < 1.29 is 0 Å². The number of fused-ring (bicyclic) bond motifs is 1. The van der Waals surface area contributed by atoms with Gasteiger partial charge in [-0.25, -0.2) is 0 Å². The lowest BCUT2D eigenvalue weighted by atomic mass is 9.89. The Morgan fingerprint density at radius 1 is 1.20 bits per heavy atom. The van der Waals surface area contributed by atoms with Crippen molar-refractivity contribution in [3.63, 3.8) is 0 Å². The van der Waals surface area contributed by atoms with Gasteiger partial charge < -0.3 is 11.1 Å². The minimum Gasteiger partial charge on any atom is -0.378 e. The summed E-state index contributed by atoms with van der Waals surface area (Å²) in [6, 6.07) is 11.2. The Morgan fingerprint density at radius 3 is 2.85 bits per heavy atom. The molecule has 0 spiro atoms. The first-order valence-electron chi connectivity index (χ1n) is 7.35. The molecule has 3 nitrogen and oxygen atoms in total. The number of pyridine rings is 1. The summed E-state index contributed by atoms with van der Waals surface area (Å²) in [5, 5.41) is 3.65. The van der Waals surface area contributed by atoms with E-state index in [1.807, 2.05) is 12.4 Å². The second kappa shape index (κ2) is 6.06. The fourth-order valence-corrected chi connectivity index (χ4v) is 2.92. The van der Waals surface area contributed by atoms with Crippen molar-refractivity contribution in [2.24, 2.45) is 5.73 Å². The zero-order valence-electron chi connectivity index (χ0n) is 11.7. The van der Waals surface area contributed by atoms with Gasteiger partial charge in [-0.15, -0.1) is 0 Å². The van der Waals surface area contributed by atoms with E-state index in [4.69, 9.17) is 5.73 Å². The van der Waals surface area contributed by atoms with Gasteiger partial charge in [0.2, 0.25) is 0 Å². The number of aromatic nitrogens is 1. The summed E-state index contributed by atoms with van der Waals surface area (Å²) in [6.45, 7) is 0.704. The lowest BCUT2D eigenvalue weighted by Crippen LogP contribution is -2.17. The van der Waals surface area contributed by atoms with E-state index in [1.54, 1.807) is 0 Å². The van der Waals surface area contributed by atoms with Crippen LogP contribution in [0.3, 0.4) is 0 Å². The lowest BCUT2D eigenvalue weighted by molar-refractivity contribution is 0.598. The maximum absolute atomic E-state index is 5.58. The summed E-state index contributed by atoms with van der Waals surface area (Å²) in [5.41, 5.74) is 10.8. The summed E-state index contributed by atoms with van der Waals surface area (Å²) in [6.07, 6.45) is 8.40. The van der Waals surface area contributed by atoms with E-state index in [2.05, 4.69) is 40.6 Å². The van der Waals surface area contributed by atoms with Crippen LogP contribution in [0.4, 0.5) is 5.69 Å². The Bertz CT molecular complexity index is 563. The highest BCUT2D eigenvalue weighted by atomic mass is 14.9. The molecule has 1 aliphatic carbocycles. The van der Waals surface area contributed by atoms with Gasteiger partial charge in [0.25, 0.3) is 0 Å². The predicted octanol–water partition coefficient (Wildman–Crippen LogP) is 3.07. The van der Waals surface area contributed by atoms with Crippen molar-refractivity contribution in [2.75, 3.05) is 11.9 Å². The summed E-state index contributed by atoms with van der Waals surface area (Å²) in [4.78, 5) is 4.23. The molecule has 20 heavy (non-hydrogen) atoms. The van der Waals surface area contributed by atoms with Crippen LogP contribution in [-0.4, -0.2) is 11.5 Å². The topological polar surface area (TPSA) is 50.9 Å². The third-order valence-corrected chi connectivity index (χ3v) is 3.98. The van der Waals surface area contributed by atoms with Crippen LogP contribution < -0.4 is 11.1 Å². The number of benzene rings is 1. The molecule has 3 heteroatoms. The molecule has 1 atom stereocenters. The summed E-state index contributed by atoms with van der Waals surface area (Å²) in [7, 11) is 0. The van der Waals surface area contributed by atoms with E-state index in [9.17, 15) is 0 Å². The standard InChI is InChI=1S/C17H21N3/c18-10-8-13-4-6-15(7-5-13)20-17-3-1-2-14-12-19-11-9-16(14)17/h4-7,9,11-12,17,20H,1-3,8,10,18H2. The Balaban J connectivity index is 1.75. The molecule has 1 aromatic carbocycles. The van der Waals surface area contributed by atoms with Crippen LogP contribution in [0.1, 0.15) is 35.6 Å². The van der Waals surface area contributed by atoms with Crippen molar-refractivity contribution in [1.29, 1.82) is 0 Å². The number of hydrogen-bond acceptors (Lipinski definition) is 3. The third kappa shape index (κ3) is 2.83. The second-order valence-electron chi connectivity index (χ2n) is 5.40. The Morgan fingerprint density at radius 2 is 2.05 bits per heavy atom. The molecule has 0 saturated carbocycles. The van der Waals surface area contributed by atoms with E-state index in [0.29, 0.717) is 12.6 Å². The Labute approximate surface area is 120 Å². The summed E-state index contributed by atoms with van der Waals surface area (Å²) >= 11 is 0. The highest BCUT2D eigenvalue weighted by Crippen LogP contribution is 2.31. The molecule has 3 N–H and O–H groups in total. The van der Waals surface area contributed by atoms with Crippen LogP contribution in [0.15, 0.2) is 42.7 Å². The normalized spacial score (nSPS) is 17.6. The van der Waals surface area contributed by atoms with Gasteiger partial charge >= 0.3 is 0 Å². The zero-order valence-corrected chi connectivity index (χ0v) is 11.7. The number of aryl methyl sites for hydroxylation is 1. The van der Waals surface area contributed by atoms with Gasteiger partial charge in [-0.05, 0) is 67.1 Å². The maximum atomic E-state index is 5.58. The van der Waals surface area contributed by atoms with E-state index >= 15 is 0 Å². The van der Waals surface area contributed by atoms with Crippen LogP contribution in [0.25, 0.3) is 0 Å². The molecule has 0 amide bonds. The van der Waals surface area contributed by atoms with Crippen LogP contribution >= 0.6 is 0 Å². The monoisotopic (exact) mass is 267 g/mol. The van der Waals surface area contributed by atoms with Crippen molar-refractivity contribution in [3.05, 3.63) is 59.4 Å². The molecule has 3 rings (SSSR count). The van der Waals surface area contributed by atoms with E-state index < -0.39 is 0 Å². The van der Waals surface area contributed by atoms with E-state index in [0.717, 1.165) is 12.8 Å². The van der Waals surface area contributed by atoms with Crippen LogP contribution in [-0.2, 0) is 12.8 Å². The fourth-order valence-electron chi connectivity index (χ4n) is 2.92. The molecule has 0 saturated heterocycles. The maximum Gasteiger partial charge on any atom is 0.0517 e. The lowest BCUT2D eigenvalue weighted by Gasteiger charge is -2.27. The van der Waals surface area contributed by atoms with Gasteiger partial charge in [-0.2, -0.15) is 0 Å². The van der Waals surface area contributed by atoms with Gasteiger partial charge in [-0.3, -0.25) is 4.98 Å². The van der Waals surface area contributed by atoms with Gasteiger partial charge in [0, 0.05) is 18.1 Å². The van der Waals surface area contributed by atoms with Crippen LogP contribution in [0, 0.1) is 0 Å². The number of hydrogen-bond donors (Lipinski definition) is 2. The average molecular weight is 267 g/mol. The Kier molecular flexibility index (Phi) is 3.97. The molecule has 1 unspecified atom stereocenters. The molecule has 0 fully saturated rings. The van der Waals surface area contributed by atoms with Crippen LogP contribution in [0.2, 0.25) is 0 Å². The highest BCUT2D eigenvalue weighted by molar-refractivity contribution is 5.48. The first-order valence-corrected chi connectivity index (χ1v) is 7.35. The van der Waals surface area contributed by atoms with Gasteiger partial charge in [0.1, 0.15) is 0 Å². The Hall–Kier alpha value is -1.87. The average Bonchev–Trinajstić information content (AvgIpc) is 2.50. The first kappa shape index (κ1) is 13.1. The zero-order chi connectivity index (χ0) is 13.8. The van der Waals surface area contributed by atoms with Gasteiger partial charge in [-0.1, -0.05) is 12.1 Å². The second-order valence-corrected chi connectivity index (χ2v) is 5.40. The largest absolute Gasteiger partial charge is 0.378 e. The molecule has 0 radical (unpaired) electrons. The number of nitrogens with one attached hydrogen (secondary N) is 1. The van der Waals surface area contributed by atoms with Crippen molar-refractivity contribution >= 4 is 5.69 Å². The molecule has 2 aromatic rings. The first-order chi connectivity index (χ1) is 9.86. The molecule has 104 valence electrons. The number of rotatable bonds is 4. The minimum absolute atomic E-state index is 0.405. The van der Waals surface area contributed by atoms with E-state index in [-0.39, 0.29) is 0 Å². The smallest absolute Gasteiger partial charge is 0.0517 e. The predicted molar refractivity (Wildman–Crippen MR) is 82.7 cm³/mol. The molecular formula is C17H21N3. The third-order valence-electron chi connectivity index (χ3n) is 3.98. The summed E-state index contributed by atoms with van der Waals surface area (Å²) in [5.74, 6) is 0. The minimum atomic E-state index is 0.405. The molecule has 1 heterocycles. The number of nitrogens with two attached hydrogens (primary N) is 1. The van der Waals surface area contributed by atoms with Crippen molar-refractivity contribution in [3.8, 4) is 0 Å². The number of anilines is 1. The molecular weight excluding hydrogens is 246 g/mol. The molecule has 0 aliphatic heterocycles. The highest BCUT2D eigenvalue weighted by Gasteiger charge is 2.19. The molecule has 1 aromatic heterocycles. The van der Waals surface area contributed by atoms with Gasteiger partial charge in [0.05, 0.1) is 6.04 Å². The van der Waals surface area contributed by atoms with Crippen molar-refractivity contribution in [1.82, 2.24) is 4.98 Å². The SMILES string of the molecule is NCCc1ccc(NC2CCCc3cnccc32)cc1. The van der Waals surface area contributed by atoms with Gasteiger partial charge in [0.15, 0.2) is 0 Å². The number of nitrogens with zero attached hydrogens (tertiary/aromatic N) is 1. The van der Waals surface area contributed by atoms with Crippen molar-refractivity contribution in [2.45, 2.75) is 31.7 Å². The fraction of sp³-hybridized carbons (Fsp3) is 0.353. The van der Waals surface area contributed by atoms with E-state index in [1.165, 1.54) is 35.2 Å². The molecule has 1 aliphatic rings. The molecule has 0 bridgehead atoms. The van der Waals surface area contributed by atoms with Crippen LogP contribution in [0.5, 0.6) is 0 Å². The quantitative estimate of drug-likeness (QED) is 0.895. The summed E-state index contributed by atoms with van der Waals surface area (Å²) < 4.78 is 0.